The average Bonchev–Trinajstić information content (AvgIpc) is 1.82. The summed E-state index contributed by atoms with van der Waals surface area (Å²) in [4.78, 5) is 14.9. The van der Waals surface area contributed by atoms with Crippen molar-refractivity contribution >= 4 is 5.91 Å². The molecule has 1 amide bonds. The molecular formula is C5H8N2O2. The number of hydroxylamine groups is 2. The van der Waals surface area contributed by atoms with Crippen LogP contribution in [0.2, 0.25) is 0 Å². The summed E-state index contributed by atoms with van der Waals surface area (Å²) in [5.74, 6) is -0.265. The molecule has 0 saturated carbocycles. The lowest BCUT2D eigenvalue weighted by molar-refractivity contribution is -0.169. The van der Waals surface area contributed by atoms with E-state index in [1.54, 1.807) is 6.07 Å². The number of nitriles is 1. The van der Waals surface area contributed by atoms with E-state index in [0.717, 1.165) is 5.06 Å². The number of carbonyl (C=O) groups is 1. The Hall–Kier alpha value is -1.08. The summed E-state index contributed by atoms with van der Waals surface area (Å²) in [5.41, 5.74) is 0. The monoisotopic (exact) mass is 128 g/mol. The minimum Gasteiger partial charge on any atom is -0.273 e. The molecule has 0 radical (unpaired) electrons. The zero-order valence-electron chi connectivity index (χ0n) is 5.42. The molecule has 0 aliphatic rings. The van der Waals surface area contributed by atoms with Crippen molar-refractivity contribution in [1.82, 2.24) is 5.06 Å². The molecule has 0 heterocycles. The van der Waals surface area contributed by atoms with Gasteiger partial charge in [-0.25, -0.2) is 5.06 Å². The van der Waals surface area contributed by atoms with Gasteiger partial charge in [0.25, 0.3) is 0 Å². The molecule has 50 valence electrons. The quantitative estimate of drug-likeness (QED) is 0.386. The fourth-order valence-electron chi connectivity index (χ4n) is 0.369. The maximum Gasteiger partial charge on any atom is 0.243 e. The second-order valence-electron chi connectivity index (χ2n) is 1.40. The van der Waals surface area contributed by atoms with E-state index in [2.05, 4.69) is 4.84 Å². The molecule has 0 bridgehead atoms. The SMILES string of the molecule is CON(CC#N)C(C)=O. The van der Waals surface area contributed by atoms with Crippen LogP contribution in [0, 0.1) is 11.3 Å². The van der Waals surface area contributed by atoms with Crippen molar-refractivity contribution < 1.29 is 9.63 Å². The molecule has 4 heteroatoms. The molecule has 0 aliphatic carbocycles. The molecule has 0 aromatic heterocycles. The first kappa shape index (κ1) is 7.92. The lowest BCUT2D eigenvalue weighted by atomic mass is 10.6. The van der Waals surface area contributed by atoms with Crippen LogP contribution in [0.15, 0.2) is 0 Å². The van der Waals surface area contributed by atoms with Crippen LogP contribution in [0.5, 0.6) is 0 Å². The smallest absolute Gasteiger partial charge is 0.243 e. The van der Waals surface area contributed by atoms with Crippen LogP contribution >= 0.6 is 0 Å². The van der Waals surface area contributed by atoms with Crippen molar-refractivity contribution in [3.8, 4) is 6.07 Å². The van der Waals surface area contributed by atoms with Crippen LogP contribution in [0.3, 0.4) is 0 Å². The summed E-state index contributed by atoms with van der Waals surface area (Å²) in [6.45, 7) is 1.31. The van der Waals surface area contributed by atoms with Gasteiger partial charge in [-0.2, -0.15) is 5.26 Å². The summed E-state index contributed by atoms with van der Waals surface area (Å²) in [5, 5.41) is 9.06. The third kappa shape index (κ3) is 2.67. The molecular weight excluding hydrogens is 120 g/mol. The lowest BCUT2D eigenvalue weighted by Gasteiger charge is -2.12. The highest BCUT2D eigenvalue weighted by molar-refractivity contribution is 5.72. The highest BCUT2D eigenvalue weighted by Gasteiger charge is 2.03. The predicted molar refractivity (Wildman–Crippen MR) is 30.0 cm³/mol. The van der Waals surface area contributed by atoms with Gasteiger partial charge in [0.1, 0.15) is 6.54 Å². The van der Waals surface area contributed by atoms with Gasteiger partial charge in [-0.15, -0.1) is 0 Å². The maximum atomic E-state index is 10.4. The number of nitrogens with zero attached hydrogens (tertiary/aromatic N) is 2. The van der Waals surface area contributed by atoms with E-state index in [-0.39, 0.29) is 12.5 Å². The Labute approximate surface area is 53.6 Å². The molecule has 0 spiro atoms. The van der Waals surface area contributed by atoms with Gasteiger partial charge >= 0.3 is 0 Å². The fraction of sp³-hybridized carbons (Fsp3) is 0.600. The minimum atomic E-state index is -0.265. The Bertz CT molecular complexity index is 138. The molecule has 0 rings (SSSR count). The van der Waals surface area contributed by atoms with Gasteiger partial charge in [0.05, 0.1) is 13.2 Å². The summed E-state index contributed by atoms with van der Waals surface area (Å²) in [7, 11) is 1.35. The van der Waals surface area contributed by atoms with E-state index < -0.39 is 0 Å². The van der Waals surface area contributed by atoms with Crippen molar-refractivity contribution in [3.05, 3.63) is 0 Å². The van der Waals surface area contributed by atoms with E-state index in [0.29, 0.717) is 0 Å². The zero-order chi connectivity index (χ0) is 7.28. The molecule has 0 atom stereocenters. The number of hydrogen-bond acceptors (Lipinski definition) is 3. The third-order valence-corrected chi connectivity index (χ3v) is 0.786. The first-order valence-corrected chi connectivity index (χ1v) is 2.41. The summed E-state index contributed by atoms with van der Waals surface area (Å²) < 4.78 is 0. The van der Waals surface area contributed by atoms with E-state index in [1.165, 1.54) is 14.0 Å². The van der Waals surface area contributed by atoms with E-state index in [9.17, 15) is 4.79 Å². The van der Waals surface area contributed by atoms with Crippen molar-refractivity contribution in [1.29, 1.82) is 5.26 Å². The van der Waals surface area contributed by atoms with Gasteiger partial charge in [0, 0.05) is 6.92 Å². The lowest BCUT2D eigenvalue weighted by Crippen LogP contribution is -2.27. The van der Waals surface area contributed by atoms with Crippen LogP contribution < -0.4 is 0 Å². The van der Waals surface area contributed by atoms with Gasteiger partial charge < -0.3 is 0 Å². The van der Waals surface area contributed by atoms with Gasteiger partial charge in [0.15, 0.2) is 0 Å². The van der Waals surface area contributed by atoms with Gasteiger partial charge in [-0.1, -0.05) is 0 Å². The summed E-state index contributed by atoms with van der Waals surface area (Å²) in [6, 6.07) is 1.78. The fourth-order valence-corrected chi connectivity index (χ4v) is 0.369. The molecule has 0 aliphatic heterocycles. The summed E-state index contributed by atoms with van der Waals surface area (Å²) >= 11 is 0. The second-order valence-corrected chi connectivity index (χ2v) is 1.40. The van der Waals surface area contributed by atoms with Crippen LogP contribution in [0.1, 0.15) is 6.92 Å². The van der Waals surface area contributed by atoms with Crippen molar-refractivity contribution in [3.63, 3.8) is 0 Å². The zero-order valence-corrected chi connectivity index (χ0v) is 5.42. The van der Waals surface area contributed by atoms with Crippen molar-refractivity contribution in [2.75, 3.05) is 13.7 Å². The molecule has 0 aromatic rings. The van der Waals surface area contributed by atoms with Crippen LogP contribution in [0.4, 0.5) is 0 Å². The first-order chi connectivity index (χ1) is 4.22. The Morgan fingerprint density at radius 2 is 2.44 bits per heavy atom. The molecule has 9 heavy (non-hydrogen) atoms. The number of carbonyl (C=O) groups excluding carboxylic acids is 1. The number of amides is 1. The van der Waals surface area contributed by atoms with E-state index >= 15 is 0 Å². The average molecular weight is 128 g/mol. The number of hydrogen-bond donors (Lipinski definition) is 0. The molecule has 4 nitrogen and oxygen atoms in total. The Kier molecular flexibility index (Phi) is 3.40. The molecule has 0 unspecified atom stereocenters. The topological polar surface area (TPSA) is 53.3 Å². The highest BCUT2D eigenvalue weighted by atomic mass is 16.7. The Morgan fingerprint density at radius 1 is 1.89 bits per heavy atom. The predicted octanol–water partition coefficient (Wildman–Crippen LogP) is -0.0801. The Balaban J connectivity index is 3.71. The van der Waals surface area contributed by atoms with Gasteiger partial charge in [0.2, 0.25) is 5.91 Å². The molecule has 0 N–H and O–H groups in total. The van der Waals surface area contributed by atoms with Crippen molar-refractivity contribution in [2.45, 2.75) is 6.92 Å². The third-order valence-electron chi connectivity index (χ3n) is 0.786. The standard InChI is InChI=1S/C5H8N2O2/c1-5(8)7(9-2)4-3-6/h4H2,1-2H3. The van der Waals surface area contributed by atoms with E-state index in [4.69, 9.17) is 5.26 Å². The largest absolute Gasteiger partial charge is 0.273 e. The molecule has 0 saturated heterocycles. The van der Waals surface area contributed by atoms with Crippen LogP contribution in [-0.2, 0) is 9.63 Å². The van der Waals surface area contributed by atoms with E-state index in [1.807, 2.05) is 0 Å². The van der Waals surface area contributed by atoms with Crippen LogP contribution in [0.25, 0.3) is 0 Å². The van der Waals surface area contributed by atoms with Gasteiger partial charge in [-0.05, 0) is 0 Å². The van der Waals surface area contributed by atoms with Gasteiger partial charge in [-0.3, -0.25) is 9.63 Å². The second kappa shape index (κ2) is 3.87. The molecule has 0 fully saturated rings. The summed E-state index contributed by atoms with van der Waals surface area (Å²) in [6.07, 6.45) is 0. The first-order valence-electron chi connectivity index (χ1n) is 2.41. The normalized spacial score (nSPS) is 8.11. The molecule has 0 aromatic carbocycles. The van der Waals surface area contributed by atoms with Crippen LogP contribution in [-0.4, -0.2) is 24.6 Å². The minimum absolute atomic E-state index is 0.0220. The maximum absolute atomic E-state index is 10.4. The Morgan fingerprint density at radius 3 is 2.56 bits per heavy atom. The van der Waals surface area contributed by atoms with Crippen molar-refractivity contribution in [2.24, 2.45) is 0 Å². The highest BCUT2D eigenvalue weighted by Crippen LogP contribution is 1.85. The number of rotatable bonds is 2.